The van der Waals surface area contributed by atoms with Crippen molar-refractivity contribution < 1.29 is 23.9 Å². The summed E-state index contributed by atoms with van der Waals surface area (Å²) in [5, 5.41) is 8.09. The van der Waals surface area contributed by atoms with Crippen molar-refractivity contribution in [2.75, 3.05) is 6.54 Å². The van der Waals surface area contributed by atoms with Crippen molar-refractivity contribution in [3.8, 4) is 0 Å². The number of carbonyl (C=O) groups is 4. The first-order valence-electron chi connectivity index (χ1n) is 14.9. The zero-order valence-corrected chi connectivity index (χ0v) is 25.4. The Morgan fingerprint density at radius 2 is 1.76 bits per heavy atom. The molecule has 42 heavy (non-hydrogen) atoms. The van der Waals surface area contributed by atoms with Crippen LogP contribution in [0.4, 0.5) is 0 Å². The van der Waals surface area contributed by atoms with Gasteiger partial charge in [-0.25, -0.2) is 5.43 Å². The molecule has 10 nitrogen and oxygen atoms in total. The topological polar surface area (TPSA) is 130 Å². The number of amides is 3. The van der Waals surface area contributed by atoms with Gasteiger partial charge < -0.3 is 15.4 Å². The van der Waals surface area contributed by atoms with E-state index < -0.39 is 35.5 Å². The second-order valence-corrected chi connectivity index (χ2v) is 12.0. The van der Waals surface area contributed by atoms with E-state index in [9.17, 15) is 19.2 Å². The maximum Gasteiger partial charge on any atom is 0.316 e. The van der Waals surface area contributed by atoms with E-state index in [1.54, 1.807) is 20.8 Å². The molecule has 1 aromatic heterocycles. The van der Waals surface area contributed by atoms with Crippen LogP contribution in [0.1, 0.15) is 84.5 Å². The van der Waals surface area contributed by atoms with Gasteiger partial charge in [0.05, 0.1) is 22.7 Å². The molecule has 2 aromatic rings. The van der Waals surface area contributed by atoms with Gasteiger partial charge in [0.2, 0.25) is 5.91 Å². The van der Waals surface area contributed by atoms with Gasteiger partial charge in [0.15, 0.2) is 6.10 Å². The summed E-state index contributed by atoms with van der Waals surface area (Å²) in [4.78, 5) is 58.2. The molecule has 2 aliphatic rings. The molecule has 3 N–H and O–H groups in total. The molecule has 5 atom stereocenters. The van der Waals surface area contributed by atoms with Gasteiger partial charge in [-0.15, -0.1) is 0 Å². The summed E-state index contributed by atoms with van der Waals surface area (Å²) in [5.74, 6) is -1.97. The predicted octanol–water partition coefficient (Wildman–Crippen LogP) is 3.81. The number of benzene rings is 1. The SMILES string of the molecule is CCC[C@@]1(C)/C=C/c2ccc3ccc(nc3c2)[C@@H](C)NC(=O)[C@@H]2CCCN(N2)C(=O)[C@H](C)NC(=O)[C@H](C(C)C)OC1=O. The van der Waals surface area contributed by atoms with Gasteiger partial charge in [-0.05, 0) is 63.6 Å². The Bertz CT molecular complexity index is 1370. The van der Waals surface area contributed by atoms with E-state index in [0.717, 1.165) is 22.9 Å². The van der Waals surface area contributed by atoms with Gasteiger partial charge in [-0.1, -0.05) is 57.5 Å². The molecule has 5 bridgehead atoms. The Labute approximate surface area is 247 Å². The van der Waals surface area contributed by atoms with E-state index in [4.69, 9.17) is 9.72 Å². The molecule has 1 aromatic carbocycles. The Kier molecular flexibility index (Phi) is 9.66. The Hall–Kier alpha value is -3.79. The fourth-order valence-electron chi connectivity index (χ4n) is 5.40. The third-order valence-electron chi connectivity index (χ3n) is 8.02. The van der Waals surface area contributed by atoms with Crippen molar-refractivity contribution in [3.63, 3.8) is 0 Å². The van der Waals surface area contributed by atoms with Crippen LogP contribution in [-0.2, 0) is 23.9 Å². The van der Waals surface area contributed by atoms with E-state index in [1.165, 1.54) is 5.01 Å². The molecule has 0 aliphatic carbocycles. The van der Waals surface area contributed by atoms with E-state index in [1.807, 2.05) is 63.3 Å². The minimum absolute atomic E-state index is 0.233. The number of pyridine rings is 1. The van der Waals surface area contributed by atoms with Gasteiger partial charge in [0.1, 0.15) is 12.1 Å². The average Bonchev–Trinajstić information content (AvgIpc) is 2.97. The second kappa shape index (κ2) is 13.0. The molecule has 1 fully saturated rings. The summed E-state index contributed by atoms with van der Waals surface area (Å²) in [7, 11) is 0. The number of aromatic nitrogens is 1. The molecule has 0 saturated carbocycles. The van der Waals surface area contributed by atoms with Crippen molar-refractivity contribution >= 4 is 40.7 Å². The first-order chi connectivity index (χ1) is 19.9. The summed E-state index contributed by atoms with van der Waals surface area (Å²) in [6.45, 7) is 11.3. The van der Waals surface area contributed by atoms with Gasteiger partial charge in [0.25, 0.3) is 11.8 Å². The lowest BCUT2D eigenvalue weighted by Gasteiger charge is -2.35. The molecule has 226 valence electrons. The summed E-state index contributed by atoms with van der Waals surface area (Å²) in [6, 6.07) is 7.87. The summed E-state index contributed by atoms with van der Waals surface area (Å²) < 4.78 is 5.85. The van der Waals surface area contributed by atoms with Crippen LogP contribution < -0.4 is 16.1 Å². The molecule has 0 radical (unpaired) electrons. The minimum Gasteiger partial charge on any atom is -0.451 e. The van der Waals surface area contributed by atoms with Crippen LogP contribution in [0.3, 0.4) is 0 Å². The van der Waals surface area contributed by atoms with Crippen LogP contribution in [0.2, 0.25) is 0 Å². The first-order valence-corrected chi connectivity index (χ1v) is 14.9. The summed E-state index contributed by atoms with van der Waals surface area (Å²) in [5.41, 5.74) is 4.40. The van der Waals surface area contributed by atoms with Gasteiger partial charge in [0, 0.05) is 11.9 Å². The highest BCUT2D eigenvalue weighted by molar-refractivity contribution is 5.91. The number of hydrogen-bond acceptors (Lipinski definition) is 7. The maximum absolute atomic E-state index is 13.6. The number of rotatable bonds is 3. The fraction of sp³-hybridized carbons (Fsp3) is 0.531. The van der Waals surface area contributed by atoms with Crippen molar-refractivity contribution in [1.29, 1.82) is 0 Å². The molecule has 3 amide bonds. The highest BCUT2D eigenvalue weighted by atomic mass is 16.5. The van der Waals surface area contributed by atoms with E-state index in [0.29, 0.717) is 31.5 Å². The molecule has 0 unspecified atom stereocenters. The Morgan fingerprint density at radius 1 is 1.05 bits per heavy atom. The van der Waals surface area contributed by atoms with Crippen LogP contribution in [0, 0.1) is 11.3 Å². The van der Waals surface area contributed by atoms with Gasteiger partial charge in [-0.2, -0.15) is 0 Å². The molecule has 1 saturated heterocycles. The van der Waals surface area contributed by atoms with Crippen molar-refractivity contribution in [3.05, 3.63) is 47.7 Å². The second-order valence-electron chi connectivity index (χ2n) is 12.0. The molecular formula is C32H43N5O5. The van der Waals surface area contributed by atoms with Crippen LogP contribution in [0.15, 0.2) is 36.4 Å². The van der Waals surface area contributed by atoms with Crippen LogP contribution in [0.5, 0.6) is 0 Å². The molecule has 0 spiro atoms. The number of cyclic esters (lactones) is 1. The largest absolute Gasteiger partial charge is 0.451 e. The highest BCUT2D eigenvalue weighted by Gasteiger charge is 2.38. The number of hydrogen-bond donors (Lipinski definition) is 3. The number of carbonyl (C=O) groups excluding carboxylic acids is 4. The normalized spacial score (nSPS) is 28.8. The van der Waals surface area contributed by atoms with E-state index >= 15 is 0 Å². The van der Waals surface area contributed by atoms with Crippen LogP contribution in [-0.4, -0.2) is 58.4 Å². The Balaban J connectivity index is 1.74. The number of ether oxygens (including phenoxy) is 1. The zero-order chi connectivity index (χ0) is 30.6. The smallest absolute Gasteiger partial charge is 0.316 e. The molecule has 3 heterocycles. The number of fused-ring (bicyclic) bond motifs is 4. The quantitative estimate of drug-likeness (QED) is 0.473. The lowest BCUT2D eigenvalue weighted by atomic mass is 9.84. The lowest BCUT2D eigenvalue weighted by Crippen LogP contribution is -2.61. The standard InChI is InChI=1S/C32H43N5O5/c1-7-15-32(6)16-14-22-10-11-23-12-13-24(35-26(23)18-22)20(4)33-28(38)25-9-8-17-37(36-25)30(40)21(5)34-29(39)27(19(2)3)42-31(32)41/h10-14,16,18-21,25,27,36H,7-9,15,17H2,1-6H3,(H,33,38)(H,34,39)/b16-14+/t20-,21+,25+,27+,32+/m1/s1. The Morgan fingerprint density at radius 3 is 2.48 bits per heavy atom. The molecule has 10 heteroatoms. The van der Waals surface area contributed by atoms with Crippen molar-refractivity contribution in [2.45, 2.75) is 91.5 Å². The van der Waals surface area contributed by atoms with E-state index in [-0.39, 0.29) is 23.8 Å². The summed E-state index contributed by atoms with van der Waals surface area (Å²) >= 11 is 0. The van der Waals surface area contributed by atoms with Gasteiger partial charge in [-0.3, -0.25) is 29.2 Å². The number of hydrazine groups is 1. The highest BCUT2D eigenvalue weighted by Crippen LogP contribution is 2.30. The molecular weight excluding hydrogens is 534 g/mol. The van der Waals surface area contributed by atoms with Crippen molar-refractivity contribution in [2.24, 2.45) is 11.3 Å². The number of nitrogens with zero attached hydrogens (tertiary/aromatic N) is 2. The maximum atomic E-state index is 13.6. The summed E-state index contributed by atoms with van der Waals surface area (Å²) in [6.07, 6.45) is 5.07. The van der Waals surface area contributed by atoms with Crippen molar-refractivity contribution in [1.82, 2.24) is 26.1 Å². The molecule has 2 aliphatic heterocycles. The first kappa shape index (κ1) is 31.2. The third-order valence-corrected chi connectivity index (χ3v) is 8.02. The third kappa shape index (κ3) is 6.98. The van der Waals surface area contributed by atoms with Crippen LogP contribution in [0.25, 0.3) is 17.0 Å². The number of nitrogens with one attached hydrogen (secondary N) is 3. The molecule has 4 rings (SSSR count). The fourth-order valence-corrected chi connectivity index (χ4v) is 5.40. The van der Waals surface area contributed by atoms with Crippen LogP contribution >= 0.6 is 0 Å². The van der Waals surface area contributed by atoms with Gasteiger partial charge >= 0.3 is 5.97 Å². The predicted molar refractivity (Wildman–Crippen MR) is 161 cm³/mol. The van der Waals surface area contributed by atoms with E-state index in [2.05, 4.69) is 16.1 Å². The number of esters is 1. The monoisotopic (exact) mass is 577 g/mol. The average molecular weight is 578 g/mol. The lowest BCUT2D eigenvalue weighted by molar-refractivity contribution is -0.166. The zero-order valence-electron chi connectivity index (χ0n) is 25.4. The minimum atomic E-state index is -1.08.